The largest absolute Gasteiger partial charge is 0.472 e. The predicted molar refractivity (Wildman–Crippen MR) is 80.7 cm³/mol. The van der Waals surface area contributed by atoms with Crippen LogP contribution in [0, 0.1) is 0 Å². The zero-order valence-corrected chi connectivity index (χ0v) is 12.4. The van der Waals surface area contributed by atoms with E-state index in [1.54, 1.807) is 18.2 Å². The van der Waals surface area contributed by atoms with Crippen molar-refractivity contribution in [1.82, 2.24) is 5.32 Å². The third-order valence-electron chi connectivity index (χ3n) is 2.68. The Morgan fingerprint density at radius 2 is 1.90 bits per heavy atom. The first-order valence-electron chi connectivity index (χ1n) is 6.41. The van der Waals surface area contributed by atoms with E-state index in [0.29, 0.717) is 21.8 Å². The third kappa shape index (κ3) is 3.86. The molecule has 6 heteroatoms. The molecule has 0 aliphatic rings. The second kappa shape index (κ2) is 6.45. The number of hydrogen-bond acceptors (Lipinski definition) is 3. The lowest BCUT2D eigenvalue weighted by atomic mass is 10.1. The van der Waals surface area contributed by atoms with Crippen LogP contribution in [0.5, 0.6) is 0 Å². The van der Waals surface area contributed by atoms with Gasteiger partial charge in [0.1, 0.15) is 6.26 Å². The van der Waals surface area contributed by atoms with Crippen LogP contribution in [-0.2, 0) is 0 Å². The second-order valence-electron chi connectivity index (χ2n) is 4.79. The number of rotatable bonds is 4. The molecule has 0 spiro atoms. The average Bonchev–Trinajstić information content (AvgIpc) is 2.94. The normalized spacial score (nSPS) is 10.5. The van der Waals surface area contributed by atoms with Crippen LogP contribution in [0.4, 0.5) is 5.69 Å². The molecule has 0 unspecified atom stereocenters. The summed E-state index contributed by atoms with van der Waals surface area (Å²) in [5, 5.41) is 5.78. The topological polar surface area (TPSA) is 71.3 Å². The summed E-state index contributed by atoms with van der Waals surface area (Å²) in [4.78, 5) is 23.9. The van der Waals surface area contributed by atoms with Gasteiger partial charge in [0, 0.05) is 11.6 Å². The van der Waals surface area contributed by atoms with E-state index in [1.165, 1.54) is 18.6 Å². The van der Waals surface area contributed by atoms with Crippen LogP contribution in [0.25, 0.3) is 0 Å². The fraction of sp³-hybridized carbons (Fsp3) is 0.200. The van der Waals surface area contributed by atoms with E-state index in [-0.39, 0.29) is 17.9 Å². The number of carbonyl (C=O) groups is 2. The Labute approximate surface area is 127 Å². The van der Waals surface area contributed by atoms with E-state index in [0.717, 1.165) is 0 Å². The molecular weight excluding hydrogens is 292 g/mol. The third-order valence-corrected chi connectivity index (χ3v) is 3.01. The number of carbonyl (C=O) groups excluding carboxylic acids is 2. The lowest BCUT2D eigenvalue weighted by Gasteiger charge is -2.11. The van der Waals surface area contributed by atoms with Crippen molar-refractivity contribution in [2.75, 3.05) is 5.32 Å². The molecule has 0 radical (unpaired) electrons. The van der Waals surface area contributed by atoms with Crippen LogP contribution in [-0.4, -0.2) is 17.9 Å². The van der Waals surface area contributed by atoms with Gasteiger partial charge in [-0.05, 0) is 38.1 Å². The monoisotopic (exact) mass is 306 g/mol. The summed E-state index contributed by atoms with van der Waals surface area (Å²) in [6.45, 7) is 3.74. The molecule has 0 fully saturated rings. The number of hydrogen-bond donors (Lipinski definition) is 2. The van der Waals surface area contributed by atoms with E-state index >= 15 is 0 Å². The molecule has 0 aliphatic heterocycles. The first-order valence-corrected chi connectivity index (χ1v) is 6.79. The van der Waals surface area contributed by atoms with E-state index in [4.69, 9.17) is 16.0 Å². The molecule has 0 saturated carbocycles. The first kappa shape index (κ1) is 15.1. The number of benzene rings is 1. The second-order valence-corrected chi connectivity index (χ2v) is 5.20. The molecule has 0 bridgehead atoms. The molecule has 2 rings (SSSR count). The molecule has 1 heterocycles. The van der Waals surface area contributed by atoms with Gasteiger partial charge in [-0.2, -0.15) is 0 Å². The molecule has 0 saturated heterocycles. The molecule has 2 N–H and O–H groups in total. The van der Waals surface area contributed by atoms with Gasteiger partial charge in [-0.1, -0.05) is 11.6 Å². The zero-order chi connectivity index (χ0) is 15.4. The van der Waals surface area contributed by atoms with Crippen LogP contribution in [0.3, 0.4) is 0 Å². The maximum atomic E-state index is 12.0. The molecule has 21 heavy (non-hydrogen) atoms. The number of halogens is 1. The Morgan fingerprint density at radius 1 is 1.14 bits per heavy atom. The summed E-state index contributed by atoms with van der Waals surface area (Å²) >= 11 is 6.04. The smallest absolute Gasteiger partial charge is 0.258 e. The summed E-state index contributed by atoms with van der Waals surface area (Å²) in [6, 6.07) is 6.28. The van der Waals surface area contributed by atoms with Crippen molar-refractivity contribution in [2.45, 2.75) is 19.9 Å². The van der Waals surface area contributed by atoms with Crippen molar-refractivity contribution in [2.24, 2.45) is 0 Å². The van der Waals surface area contributed by atoms with Crippen LogP contribution in [0.1, 0.15) is 34.6 Å². The van der Waals surface area contributed by atoms with Gasteiger partial charge in [0.05, 0.1) is 22.5 Å². The molecule has 0 aliphatic carbocycles. The van der Waals surface area contributed by atoms with Crippen molar-refractivity contribution >= 4 is 29.1 Å². The maximum Gasteiger partial charge on any atom is 0.258 e. The summed E-state index contributed by atoms with van der Waals surface area (Å²) in [7, 11) is 0. The molecule has 0 atom stereocenters. The highest BCUT2D eigenvalue weighted by molar-refractivity contribution is 6.34. The van der Waals surface area contributed by atoms with Crippen LogP contribution < -0.4 is 10.6 Å². The number of amides is 2. The quantitative estimate of drug-likeness (QED) is 0.910. The van der Waals surface area contributed by atoms with E-state index in [1.807, 2.05) is 13.8 Å². The Morgan fingerprint density at radius 3 is 2.52 bits per heavy atom. The fourth-order valence-corrected chi connectivity index (χ4v) is 1.86. The molecular formula is C15H15ClN2O3. The van der Waals surface area contributed by atoms with Crippen LogP contribution in [0.15, 0.2) is 41.2 Å². The molecule has 2 amide bonds. The Hall–Kier alpha value is -2.27. The van der Waals surface area contributed by atoms with Gasteiger partial charge in [-0.3, -0.25) is 9.59 Å². The Bertz CT molecular complexity index is 651. The van der Waals surface area contributed by atoms with E-state index < -0.39 is 0 Å². The van der Waals surface area contributed by atoms with Gasteiger partial charge >= 0.3 is 0 Å². The highest BCUT2D eigenvalue weighted by atomic mass is 35.5. The Kier molecular flexibility index (Phi) is 4.65. The minimum Gasteiger partial charge on any atom is -0.472 e. The highest BCUT2D eigenvalue weighted by Crippen LogP contribution is 2.24. The average molecular weight is 307 g/mol. The van der Waals surface area contributed by atoms with Crippen molar-refractivity contribution < 1.29 is 14.0 Å². The van der Waals surface area contributed by atoms with Crippen molar-refractivity contribution in [3.63, 3.8) is 0 Å². The van der Waals surface area contributed by atoms with Crippen molar-refractivity contribution in [3.05, 3.63) is 52.9 Å². The van der Waals surface area contributed by atoms with Gasteiger partial charge in [0.25, 0.3) is 11.8 Å². The van der Waals surface area contributed by atoms with Gasteiger partial charge in [-0.15, -0.1) is 0 Å². The lowest BCUT2D eigenvalue weighted by molar-refractivity contribution is 0.0941. The van der Waals surface area contributed by atoms with Gasteiger partial charge in [0.15, 0.2) is 0 Å². The van der Waals surface area contributed by atoms with E-state index in [2.05, 4.69) is 10.6 Å². The molecule has 1 aromatic carbocycles. The minimum absolute atomic E-state index is 0.0251. The standard InChI is InChI=1S/C15H15ClN2O3/c1-9(2)17-14(19)10-3-4-12(16)13(7-10)18-15(20)11-5-6-21-8-11/h3-9H,1-2H3,(H,17,19)(H,18,20). The minimum atomic E-state index is -0.355. The van der Waals surface area contributed by atoms with Crippen molar-refractivity contribution in [1.29, 1.82) is 0 Å². The van der Waals surface area contributed by atoms with Crippen LogP contribution >= 0.6 is 11.6 Å². The summed E-state index contributed by atoms with van der Waals surface area (Å²) in [5.41, 5.74) is 1.18. The number of anilines is 1. The Balaban J connectivity index is 2.19. The van der Waals surface area contributed by atoms with E-state index in [9.17, 15) is 9.59 Å². The predicted octanol–water partition coefficient (Wildman–Crippen LogP) is 3.32. The summed E-state index contributed by atoms with van der Waals surface area (Å²) < 4.78 is 4.85. The molecule has 110 valence electrons. The number of furan rings is 1. The van der Waals surface area contributed by atoms with Gasteiger partial charge in [0.2, 0.25) is 0 Å². The van der Waals surface area contributed by atoms with Gasteiger partial charge < -0.3 is 15.1 Å². The lowest BCUT2D eigenvalue weighted by Crippen LogP contribution is -2.30. The molecule has 2 aromatic rings. The SMILES string of the molecule is CC(C)NC(=O)c1ccc(Cl)c(NC(=O)c2ccoc2)c1. The van der Waals surface area contributed by atoms with Crippen molar-refractivity contribution in [3.8, 4) is 0 Å². The summed E-state index contributed by atoms with van der Waals surface area (Å²) in [5.74, 6) is -0.576. The maximum absolute atomic E-state index is 12.0. The fourth-order valence-electron chi connectivity index (χ4n) is 1.70. The zero-order valence-electron chi connectivity index (χ0n) is 11.6. The summed E-state index contributed by atoms with van der Waals surface area (Å²) in [6.07, 6.45) is 2.74. The molecule has 5 nitrogen and oxygen atoms in total. The highest BCUT2D eigenvalue weighted by Gasteiger charge is 2.13. The molecule has 1 aromatic heterocycles. The number of nitrogens with one attached hydrogen (secondary N) is 2. The van der Waals surface area contributed by atoms with Gasteiger partial charge in [-0.25, -0.2) is 0 Å². The van der Waals surface area contributed by atoms with Crippen LogP contribution in [0.2, 0.25) is 5.02 Å². The first-order chi connectivity index (χ1) is 9.97.